The van der Waals surface area contributed by atoms with E-state index in [0.29, 0.717) is 0 Å². The molecule has 0 saturated carbocycles. The Morgan fingerprint density at radius 1 is 0.484 bits per heavy atom. The molecule has 0 radical (unpaired) electrons. The minimum Gasteiger partial charge on any atom is -0.298 e. The maximum Gasteiger partial charge on any atom is 0.151 e. The molecule has 0 aromatic heterocycles. The van der Waals surface area contributed by atoms with Gasteiger partial charge in [0.1, 0.15) is 0 Å². The lowest BCUT2D eigenvalue weighted by Crippen LogP contribution is -2.32. The average Bonchev–Trinajstić information content (AvgIpc) is 2.86. The van der Waals surface area contributed by atoms with Gasteiger partial charge >= 0.3 is 0 Å². The molecule has 0 amide bonds. The largest absolute Gasteiger partial charge is 0.298 e. The van der Waals surface area contributed by atoms with Crippen LogP contribution in [-0.2, 0) is 5.41 Å². The third-order valence-electron chi connectivity index (χ3n) is 6.11. The first kappa shape index (κ1) is 19.0. The highest BCUT2D eigenvalue weighted by atomic mass is 16.1. The summed E-state index contributed by atoms with van der Waals surface area (Å²) >= 11 is 0. The predicted octanol–water partition coefficient (Wildman–Crippen LogP) is 7.04. The number of carbonyl (C=O) groups is 1. The zero-order chi connectivity index (χ0) is 21.1. The summed E-state index contributed by atoms with van der Waals surface area (Å²) in [5.41, 5.74) is 4.49. The van der Waals surface area contributed by atoms with Crippen molar-refractivity contribution in [3.05, 3.63) is 155 Å². The van der Waals surface area contributed by atoms with E-state index in [0.717, 1.165) is 44.9 Å². The number of hydrogen-bond donors (Lipinski definition) is 0. The summed E-state index contributed by atoms with van der Waals surface area (Å²) in [6, 6.07) is 43.8. The lowest BCUT2D eigenvalue weighted by Gasteiger charge is -2.38. The minimum absolute atomic E-state index is 0.621. The van der Waals surface area contributed by atoms with Crippen LogP contribution < -0.4 is 0 Å². The average molecular weight is 399 g/mol. The number of fused-ring (bicyclic) bond motifs is 1. The quantitative estimate of drug-likeness (QED) is 0.229. The lowest BCUT2D eigenvalue weighted by atomic mass is 9.63. The van der Waals surface area contributed by atoms with Crippen LogP contribution in [-0.4, -0.2) is 6.29 Å². The first-order valence-electron chi connectivity index (χ1n) is 10.5. The minimum atomic E-state index is -0.621. The second-order valence-corrected chi connectivity index (χ2v) is 7.71. The Hall–Kier alpha value is -3.97. The summed E-state index contributed by atoms with van der Waals surface area (Å²) in [6.45, 7) is 0. The molecule has 1 nitrogen and oxygen atoms in total. The molecule has 0 aliphatic carbocycles. The molecule has 148 valence electrons. The lowest BCUT2D eigenvalue weighted by molar-refractivity contribution is 0.112. The molecule has 5 rings (SSSR count). The topological polar surface area (TPSA) is 17.1 Å². The summed E-state index contributed by atoms with van der Waals surface area (Å²) in [4.78, 5) is 12.6. The van der Waals surface area contributed by atoms with E-state index in [1.807, 2.05) is 36.4 Å². The summed E-state index contributed by atoms with van der Waals surface area (Å²) < 4.78 is 0. The molecule has 0 unspecified atom stereocenters. The molecule has 1 heteroatoms. The second-order valence-electron chi connectivity index (χ2n) is 7.71. The monoisotopic (exact) mass is 398 g/mol. The van der Waals surface area contributed by atoms with Gasteiger partial charge in [0.05, 0.1) is 5.41 Å². The molecular weight excluding hydrogens is 376 g/mol. The Labute approximate surface area is 182 Å². The fourth-order valence-electron chi connectivity index (χ4n) is 4.78. The number of rotatable bonds is 5. The van der Waals surface area contributed by atoms with Gasteiger partial charge in [0, 0.05) is 5.56 Å². The Morgan fingerprint density at radius 2 is 0.935 bits per heavy atom. The predicted molar refractivity (Wildman–Crippen MR) is 128 cm³/mol. The first-order valence-corrected chi connectivity index (χ1v) is 10.5. The number of aldehydes is 1. The molecule has 0 saturated heterocycles. The normalized spacial score (nSPS) is 11.4. The van der Waals surface area contributed by atoms with E-state index < -0.39 is 5.41 Å². The van der Waals surface area contributed by atoms with Crippen molar-refractivity contribution >= 4 is 17.1 Å². The Morgan fingerprint density at radius 3 is 1.42 bits per heavy atom. The van der Waals surface area contributed by atoms with E-state index in [1.54, 1.807) is 0 Å². The van der Waals surface area contributed by atoms with Gasteiger partial charge in [0.15, 0.2) is 6.29 Å². The van der Waals surface area contributed by atoms with E-state index in [-0.39, 0.29) is 0 Å². The molecule has 0 spiro atoms. The van der Waals surface area contributed by atoms with Crippen LogP contribution in [0.3, 0.4) is 0 Å². The summed E-state index contributed by atoms with van der Waals surface area (Å²) in [7, 11) is 0. The summed E-state index contributed by atoms with van der Waals surface area (Å²) in [6.07, 6.45) is 1.02. The van der Waals surface area contributed by atoms with Crippen molar-refractivity contribution in [2.45, 2.75) is 5.41 Å². The van der Waals surface area contributed by atoms with Crippen molar-refractivity contribution in [1.29, 1.82) is 0 Å². The molecule has 0 heterocycles. The maximum absolute atomic E-state index is 12.6. The van der Waals surface area contributed by atoms with Crippen molar-refractivity contribution in [3.8, 4) is 0 Å². The van der Waals surface area contributed by atoms with Gasteiger partial charge in [-0.05, 0) is 33.0 Å². The molecule has 0 aliphatic rings. The molecule has 0 aliphatic heterocycles. The van der Waals surface area contributed by atoms with Crippen molar-refractivity contribution in [1.82, 2.24) is 0 Å². The molecule has 5 aromatic carbocycles. The van der Waals surface area contributed by atoms with Gasteiger partial charge in [0.2, 0.25) is 0 Å². The zero-order valence-electron chi connectivity index (χ0n) is 17.1. The van der Waals surface area contributed by atoms with E-state index in [1.165, 1.54) is 0 Å². The van der Waals surface area contributed by atoms with E-state index in [9.17, 15) is 4.79 Å². The number of hydrogen-bond acceptors (Lipinski definition) is 1. The van der Waals surface area contributed by atoms with E-state index >= 15 is 0 Å². The Kier molecular flexibility index (Phi) is 4.93. The molecule has 5 aromatic rings. The SMILES string of the molecule is O=Cc1c(C(c2ccccc2)(c2ccccc2)c2ccccc2)ccc2ccccc12. The van der Waals surface area contributed by atoms with E-state index in [4.69, 9.17) is 0 Å². The molecular formula is C30H22O. The molecule has 31 heavy (non-hydrogen) atoms. The van der Waals surface area contributed by atoms with Crippen molar-refractivity contribution < 1.29 is 4.79 Å². The van der Waals surface area contributed by atoms with Crippen LogP contribution in [0.1, 0.15) is 32.6 Å². The van der Waals surface area contributed by atoms with Crippen LogP contribution in [0, 0.1) is 0 Å². The van der Waals surface area contributed by atoms with Crippen LogP contribution in [0.25, 0.3) is 10.8 Å². The molecule has 0 fully saturated rings. The summed E-state index contributed by atoms with van der Waals surface area (Å²) in [5, 5.41) is 2.04. The smallest absolute Gasteiger partial charge is 0.151 e. The molecule has 0 atom stereocenters. The van der Waals surface area contributed by atoms with Gasteiger partial charge in [0.25, 0.3) is 0 Å². The van der Waals surface area contributed by atoms with Crippen molar-refractivity contribution in [2.75, 3.05) is 0 Å². The van der Waals surface area contributed by atoms with Crippen LogP contribution in [0.4, 0.5) is 0 Å². The summed E-state index contributed by atoms with van der Waals surface area (Å²) in [5.74, 6) is 0. The van der Waals surface area contributed by atoms with E-state index in [2.05, 4.69) is 91.0 Å². The second kappa shape index (κ2) is 8.04. The van der Waals surface area contributed by atoms with Crippen LogP contribution in [0.2, 0.25) is 0 Å². The molecule has 0 N–H and O–H groups in total. The Bertz CT molecular complexity index is 1230. The van der Waals surface area contributed by atoms with Gasteiger partial charge in [-0.15, -0.1) is 0 Å². The third-order valence-corrected chi connectivity index (χ3v) is 6.11. The van der Waals surface area contributed by atoms with Crippen LogP contribution in [0.15, 0.2) is 127 Å². The highest BCUT2D eigenvalue weighted by Crippen LogP contribution is 2.47. The van der Waals surface area contributed by atoms with Gasteiger partial charge in [-0.2, -0.15) is 0 Å². The third kappa shape index (κ3) is 3.06. The molecule has 0 bridgehead atoms. The van der Waals surface area contributed by atoms with Crippen LogP contribution in [0.5, 0.6) is 0 Å². The van der Waals surface area contributed by atoms with Gasteiger partial charge < -0.3 is 0 Å². The highest BCUT2D eigenvalue weighted by Gasteiger charge is 2.40. The maximum atomic E-state index is 12.6. The fraction of sp³-hybridized carbons (Fsp3) is 0.0333. The van der Waals surface area contributed by atoms with Crippen molar-refractivity contribution in [2.24, 2.45) is 0 Å². The van der Waals surface area contributed by atoms with Crippen molar-refractivity contribution in [3.63, 3.8) is 0 Å². The fourth-order valence-corrected chi connectivity index (χ4v) is 4.78. The zero-order valence-corrected chi connectivity index (χ0v) is 17.1. The van der Waals surface area contributed by atoms with Crippen LogP contribution >= 0.6 is 0 Å². The standard InChI is InChI=1S/C30H22O/c31-22-28-27-19-11-10-12-23(27)20-21-29(28)30(24-13-4-1-5-14-24,25-15-6-2-7-16-25)26-17-8-3-9-18-26/h1-22H. The number of carbonyl (C=O) groups excluding carboxylic acids is 1. The Balaban J connectivity index is 1.99. The highest BCUT2D eigenvalue weighted by molar-refractivity contribution is 6.00. The first-order chi connectivity index (χ1) is 15.4. The van der Waals surface area contributed by atoms with Gasteiger partial charge in [-0.3, -0.25) is 4.79 Å². The number of benzene rings is 5. The van der Waals surface area contributed by atoms with Gasteiger partial charge in [-0.1, -0.05) is 127 Å². The van der Waals surface area contributed by atoms with Gasteiger partial charge in [-0.25, -0.2) is 0 Å².